The summed E-state index contributed by atoms with van der Waals surface area (Å²) in [5.41, 5.74) is 0.257. The average molecular weight is 211 g/mol. The molecule has 1 nitrogen and oxygen atoms in total. The van der Waals surface area contributed by atoms with Crippen LogP contribution in [0.1, 0.15) is 60.3 Å². The van der Waals surface area contributed by atoms with Crippen LogP contribution in [0.3, 0.4) is 0 Å². The summed E-state index contributed by atoms with van der Waals surface area (Å²) < 4.78 is 5.96. The summed E-state index contributed by atoms with van der Waals surface area (Å²) in [4.78, 5) is 0. The van der Waals surface area contributed by atoms with Crippen molar-refractivity contribution in [3.8, 4) is 0 Å². The van der Waals surface area contributed by atoms with E-state index in [0.717, 1.165) is 5.92 Å². The Morgan fingerprint density at radius 1 is 1.40 bits per heavy atom. The van der Waals surface area contributed by atoms with Gasteiger partial charge in [0.15, 0.2) is 0 Å². The van der Waals surface area contributed by atoms with E-state index in [-0.39, 0.29) is 5.60 Å². The van der Waals surface area contributed by atoms with E-state index in [9.17, 15) is 0 Å². The minimum Gasteiger partial charge on any atom is -0.372 e. The zero-order valence-electron chi connectivity index (χ0n) is 11.1. The van der Waals surface area contributed by atoms with E-state index in [4.69, 9.17) is 4.74 Å². The van der Waals surface area contributed by atoms with Crippen LogP contribution >= 0.6 is 0 Å². The van der Waals surface area contributed by atoms with Crippen molar-refractivity contribution in [1.82, 2.24) is 0 Å². The van der Waals surface area contributed by atoms with Gasteiger partial charge in [-0.05, 0) is 58.3 Å². The molecular formula is C14H27O. The first-order valence-electron chi connectivity index (χ1n) is 6.23. The van der Waals surface area contributed by atoms with Crippen molar-refractivity contribution in [3.05, 3.63) is 6.92 Å². The SMILES string of the molecule is [CH2]C(C)(C)OC(C)C1CCCC(C)(C)C1. The van der Waals surface area contributed by atoms with E-state index in [1.54, 1.807) is 0 Å². The smallest absolute Gasteiger partial charge is 0.0631 e. The van der Waals surface area contributed by atoms with E-state index < -0.39 is 0 Å². The molecule has 0 aromatic carbocycles. The summed E-state index contributed by atoms with van der Waals surface area (Å²) in [6, 6.07) is 0. The van der Waals surface area contributed by atoms with Gasteiger partial charge in [-0.3, -0.25) is 0 Å². The second-order valence-electron chi connectivity index (χ2n) is 6.60. The Bertz CT molecular complexity index is 200. The maximum absolute atomic E-state index is 5.96. The lowest BCUT2D eigenvalue weighted by Gasteiger charge is -2.39. The molecule has 15 heavy (non-hydrogen) atoms. The van der Waals surface area contributed by atoms with Crippen molar-refractivity contribution < 1.29 is 4.74 Å². The van der Waals surface area contributed by atoms with Crippen molar-refractivity contribution in [3.63, 3.8) is 0 Å². The minimum absolute atomic E-state index is 0.249. The Labute approximate surface area is 95.6 Å². The molecule has 0 aliphatic heterocycles. The van der Waals surface area contributed by atoms with Crippen molar-refractivity contribution in [1.29, 1.82) is 0 Å². The van der Waals surface area contributed by atoms with E-state index >= 15 is 0 Å². The molecule has 1 aliphatic rings. The highest BCUT2D eigenvalue weighted by Crippen LogP contribution is 2.40. The van der Waals surface area contributed by atoms with Crippen molar-refractivity contribution in [2.45, 2.75) is 72.0 Å². The van der Waals surface area contributed by atoms with Crippen LogP contribution in [0.5, 0.6) is 0 Å². The highest BCUT2D eigenvalue weighted by atomic mass is 16.5. The van der Waals surface area contributed by atoms with E-state index in [0.29, 0.717) is 11.5 Å². The van der Waals surface area contributed by atoms with Crippen LogP contribution in [0.4, 0.5) is 0 Å². The summed E-state index contributed by atoms with van der Waals surface area (Å²) in [7, 11) is 0. The van der Waals surface area contributed by atoms with Crippen LogP contribution in [0.2, 0.25) is 0 Å². The number of rotatable bonds is 3. The Balaban J connectivity index is 2.49. The van der Waals surface area contributed by atoms with Gasteiger partial charge < -0.3 is 4.74 Å². The fourth-order valence-corrected chi connectivity index (χ4v) is 2.76. The van der Waals surface area contributed by atoms with Crippen LogP contribution in [-0.2, 0) is 4.74 Å². The third kappa shape index (κ3) is 4.55. The van der Waals surface area contributed by atoms with Crippen LogP contribution in [0.25, 0.3) is 0 Å². The standard InChI is InChI=1S/C14H27O/c1-11(15-13(2,3)4)12-8-7-9-14(5,6)10-12/h11-12H,2,7-10H2,1,3-6H3. The summed E-state index contributed by atoms with van der Waals surface area (Å²) >= 11 is 0. The molecule has 0 spiro atoms. The Morgan fingerprint density at radius 3 is 2.47 bits per heavy atom. The Kier molecular flexibility index (Phi) is 3.86. The molecule has 0 aromatic heterocycles. The van der Waals surface area contributed by atoms with Gasteiger partial charge in [0.2, 0.25) is 0 Å². The molecule has 2 unspecified atom stereocenters. The number of ether oxygens (including phenoxy) is 1. The lowest BCUT2D eigenvalue weighted by atomic mass is 9.71. The fraction of sp³-hybridized carbons (Fsp3) is 0.929. The third-order valence-electron chi connectivity index (χ3n) is 3.41. The molecule has 1 radical (unpaired) electrons. The molecular weight excluding hydrogens is 184 g/mol. The topological polar surface area (TPSA) is 9.23 Å². The molecule has 2 atom stereocenters. The summed E-state index contributed by atoms with van der Waals surface area (Å²) in [6.45, 7) is 15.1. The molecule has 0 bridgehead atoms. The second-order valence-corrected chi connectivity index (χ2v) is 6.60. The van der Waals surface area contributed by atoms with Gasteiger partial charge >= 0.3 is 0 Å². The maximum Gasteiger partial charge on any atom is 0.0631 e. The molecule has 1 saturated carbocycles. The number of hydrogen-bond acceptors (Lipinski definition) is 1. The second kappa shape index (κ2) is 4.45. The fourth-order valence-electron chi connectivity index (χ4n) is 2.76. The van der Waals surface area contributed by atoms with Gasteiger partial charge in [0.05, 0.1) is 11.7 Å². The van der Waals surface area contributed by atoms with Crippen LogP contribution in [0.15, 0.2) is 0 Å². The van der Waals surface area contributed by atoms with Crippen LogP contribution in [-0.4, -0.2) is 11.7 Å². The van der Waals surface area contributed by atoms with Gasteiger partial charge in [-0.2, -0.15) is 0 Å². The number of hydrogen-bond donors (Lipinski definition) is 0. The zero-order valence-corrected chi connectivity index (χ0v) is 11.1. The van der Waals surface area contributed by atoms with Crippen LogP contribution < -0.4 is 0 Å². The maximum atomic E-state index is 5.96. The zero-order chi connectivity index (χ0) is 11.7. The molecule has 0 saturated heterocycles. The predicted octanol–water partition coefficient (Wildman–Crippen LogP) is 4.22. The lowest BCUT2D eigenvalue weighted by Crippen LogP contribution is -2.35. The quantitative estimate of drug-likeness (QED) is 0.679. The van der Waals surface area contributed by atoms with Gasteiger partial charge in [0, 0.05) is 0 Å². The third-order valence-corrected chi connectivity index (χ3v) is 3.41. The molecule has 1 fully saturated rings. The van der Waals surface area contributed by atoms with Crippen molar-refractivity contribution >= 4 is 0 Å². The summed E-state index contributed by atoms with van der Waals surface area (Å²) in [5.74, 6) is 0.717. The molecule has 0 amide bonds. The molecule has 0 N–H and O–H groups in total. The molecule has 0 heterocycles. The molecule has 0 aromatic rings. The van der Waals surface area contributed by atoms with Gasteiger partial charge in [0.25, 0.3) is 0 Å². The largest absolute Gasteiger partial charge is 0.372 e. The normalized spacial score (nSPS) is 28.8. The van der Waals surface area contributed by atoms with Gasteiger partial charge in [-0.25, -0.2) is 0 Å². The highest BCUT2D eigenvalue weighted by molar-refractivity contribution is 4.84. The van der Waals surface area contributed by atoms with E-state index in [1.165, 1.54) is 25.7 Å². The average Bonchev–Trinajstić information content (AvgIpc) is 1.99. The van der Waals surface area contributed by atoms with Crippen molar-refractivity contribution in [2.24, 2.45) is 11.3 Å². The van der Waals surface area contributed by atoms with Crippen molar-refractivity contribution in [2.75, 3.05) is 0 Å². The molecule has 1 heteroatoms. The summed E-state index contributed by atoms with van der Waals surface area (Å²) in [6.07, 6.45) is 5.68. The monoisotopic (exact) mass is 211 g/mol. The first-order valence-corrected chi connectivity index (χ1v) is 6.23. The van der Waals surface area contributed by atoms with E-state index in [1.807, 2.05) is 13.8 Å². The predicted molar refractivity (Wildman–Crippen MR) is 65.7 cm³/mol. The summed E-state index contributed by atoms with van der Waals surface area (Å²) in [5, 5.41) is 0. The lowest BCUT2D eigenvalue weighted by molar-refractivity contribution is -0.0766. The Hall–Kier alpha value is -0.0400. The molecule has 1 aliphatic carbocycles. The first kappa shape index (κ1) is 13.0. The van der Waals surface area contributed by atoms with Gasteiger partial charge in [0.1, 0.15) is 0 Å². The Morgan fingerprint density at radius 2 is 2.00 bits per heavy atom. The van der Waals surface area contributed by atoms with E-state index in [2.05, 4.69) is 27.7 Å². The molecule has 1 rings (SSSR count). The van der Waals surface area contributed by atoms with Gasteiger partial charge in [-0.1, -0.05) is 20.3 Å². The van der Waals surface area contributed by atoms with Gasteiger partial charge in [-0.15, -0.1) is 0 Å². The first-order chi connectivity index (χ1) is 6.70. The highest BCUT2D eigenvalue weighted by Gasteiger charge is 2.32. The minimum atomic E-state index is -0.249. The van der Waals surface area contributed by atoms with Crippen LogP contribution in [0, 0.1) is 18.3 Å². The molecule has 89 valence electrons.